The molecule has 0 aliphatic carbocycles. The highest BCUT2D eigenvalue weighted by Crippen LogP contribution is 2.41. The summed E-state index contributed by atoms with van der Waals surface area (Å²) in [6.45, 7) is 2.72. The van der Waals surface area contributed by atoms with Crippen LogP contribution in [0.15, 0.2) is 64.3 Å². The van der Waals surface area contributed by atoms with Gasteiger partial charge in [-0.1, -0.05) is 41.9 Å². The molecule has 3 aromatic carbocycles. The van der Waals surface area contributed by atoms with Crippen molar-refractivity contribution in [1.82, 2.24) is 14.5 Å². The molecule has 4 aromatic rings. The van der Waals surface area contributed by atoms with Gasteiger partial charge in [0.1, 0.15) is 17.1 Å². The fraction of sp³-hybridized carbons (Fsp3) is 0.303. The lowest BCUT2D eigenvalue weighted by Gasteiger charge is -2.29. The summed E-state index contributed by atoms with van der Waals surface area (Å²) in [5, 5.41) is 16.5. The molecule has 1 aliphatic rings. The van der Waals surface area contributed by atoms with E-state index in [9.17, 15) is 19.5 Å². The average molecular weight is 637 g/mol. The molecule has 0 bridgehead atoms. The van der Waals surface area contributed by atoms with Gasteiger partial charge >= 0.3 is 5.69 Å². The fourth-order valence-electron chi connectivity index (χ4n) is 5.49. The normalized spacial score (nSPS) is 16.4. The fourth-order valence-corrected chi connectivity index (χ4v) is 5.83. The first-order valence-electron chi connectivity index (χ1n) is 14.3. The summed E-state index contributed by atoms with van der Waals surface area (Å²) in [5.41, 5.74) is 2.51. The predicted octanol–water partition coefficient (Wildman–Crippen LogP) is 4.02. The van der Waals surface area contributed by atoms with Gasteiger partial charge in [0.15, 0.2) is 0 Å². The van der Waals surface area contributed by atoms with Crippen molar-refractivity contribution in [2.45, 2.75) is 32.0 Å². The lowest BCUT2D eigenvalue weighted by atomic mass is 9.94. The van der Waals surface area contributed by atoms with E-state index < -0.39 is 29.1 Å². The minimum Gasteiger partial charge on any atom is -0.496 e. The van der Waals surface area contributed by atoms with E-state index in [1.807, 2.05) is 25.1 Å². The number of methoxy groups -OCH3 is 1. The van der Waals surface area contributed by atoms with Gasteiger partial charge in [0.05, 0.1) is 24.8 Å². The number of aliphatic hydroxyl groups excluding tert-OH is 1. The largest absolute Gasteiger partial charge is 0.496 e. The monoisotopic (exact) mass is 636 g/mol. The van der Waals surface area contributed by atoms with Crippen molar-refractivity contribution in [3.8, 4) is 28.0 Å². The van der Waals surface area contributed by atoms with Gasteiger partial charge < -0.3 is 29.8 Å². The first-order valence-corrected chi connectivity index (χ1v) is 14.7. The molecular weight excluding hydrogens is 603 g/mol. The number of hydrogen-bond donors (Lipinski definition) is 3. The summed E-state index contributed by atoms with van der Waals surface area (Å²) in [5.74, 6) is -0.800. The van der Waals surface area contributed by atoms with Crippen LogP contribution in [-0.2, 0) is 25.4 Å². The molecular formula is C33H34ClFN4O6. The van der Waals surface area contributed by atoms with Crippen LogP contribution in [0.3, 0.4) is 0 Å². The Morgan fingerprint density at radius 2 is 1.84 bits per heavy atom. The molecule has 0 spiro atoms. The number of hydrogen-bond acceptors (Lipinski definition) is 7. The van der Waals surface area contributed by atoms with Crippen LogP contribution in [-0.4, -0.2) is 52.6 Å². The second-order valence-corrected chi connectivity index (χ2v) is 11.3. The van der Waals surface area contributed by atoms with Crippen LogP contribution in [0.1, 0.15) is 27.9 Å². The van der Waals surface area contributed by atoms with Gasteiger partial charge in [-0.05, 0) is 48.2 Å². The zero-order chi connectivity index (χ0) is 32.4. The second kappa shape index (κ2) is 13.4. The Balaban J connectivity index is 1.45. The minimum absolute atomic E-state index is 0.161. The lowest BCUT2D eigenvalue weighted by Crippen LogP contribution is -2.46. The number of aliphatic hydroxyl groups is 1. The number of halogens is 2. The van der Waals surface area contributed by atoms with Gasteiger partial charge in [0.2, 0.25) is 0 Å². The molecule has 1 amide bonds. The van der Waals surface area contributed by atoms with Crippen LogP contribution < -0.4 is 26.6 Å². The summed E-state index contributed by atoms with van der Waals surface area (Å²) in [6, 6.07) is 13.6. The molecule has 5 rings (SSSR count). The number of aromatic nitrogens is 2. The number of carbonyl (C=O) groups excluding carboxylic acids is 1. The Hall–Kier alpha value is -4.29. The van der Waals surface area contributed by atoms with Crippen molar-refractivity contribution < 1.29 is 23.8 Å². The highest BCUT2D eigenvalue weighted by Gasteiger charge is 2.25. The molecule has 45 heavy (non-hydrogen) atoms. The van der Waals surface area contributed by atoms with Gasteiger partial charge in [0.25, 0.3) is 11.5 Å². The van der Waals surface area contributed by atoms with Crippen molar-refractivity contribution in [1.29, 1.82) is 0 Å². The Labute approximate surface area is 264 Å². The maximum absolute atomic E-state index is 15.5. The molecule has 1 saturated heterocycles. The van der Waals surface area contributed by atoms with Gasteiger partial charge in [-0.15, -0.1) is 0 Å². The van der Waals surface area contributed by atoms with Crippen molar-refractivity contribution in [3.05, 3.63) is 103 Å². The number of nitrogens with zero attached hydrogens (tertiary/aromatic N) is 2. The molecule has 1 fully saturated rings. The predicted molar refractivity (Wildman–Crippen MR) is 171 cm³/mol. The lowest BCUT2D eigenvalue weighted by molar-refractivity contribution is -0.0281. The summed E-state index contributed by atoms with van der Waals surface area (Å²) >= 11 is 6.96. The van der Waals surface area contributed by atoms with E-state index in [4.69, 9.17) is 21.1 Å². The number of anilines is 1. The molecule has 3 N–H and O–H groups in total. The standard InChI is InChI=1S/C33H34ClFN4O6/c1-18-20(7-6-10-26(18)37-31(41)24-16-38(2)33(43)39(3)32(24)42)22-9-5-8-21(30(22)34)19-13-25(35)23(29(14-19)44-4)15-36-27-11-12-45-17-28(27)40/h5-10,13-14,16,27-28,36,40H,11-12,15,17H2,1-4H3,(H,37,41)/t27-,28-/m0/s1. The zero-order valence-corrected chi connectivity index (χ0v) is 26.1. The van der Waals surface area contributed by atoms with Crippen molar-refractivity contribution in [2.24, 2.45) is 14.1 Å². The SMILES string of the molecule is COc1cc(-c2cccc(-c3cccc(NC(=O)c4cn(C)c(=O)n(C)c4=O)c3C)c2Cl)cc(F)c1CN[C@H]1CCOC[C@@H]1O. The molecule has 2 heterocycles. The van der Waals surface area contributed by atoms with E-state index in [1.54, 1.807) is 24.3 Å². The molecule has 0 unspecified atom stereocenters. The van der Waals surface area contributed by atoms with E-state index in [2.05, 4.69) is 10.6 Å². The minimum atomic E-state index is -0.703. The van der Waals surface area contributed by atoms with Gasteiger partial charge in [-0.3, -0.25) is 14.2 Å². The number of amides is 1. The van der Waals surface area contributed by atoms with Crippen molar-refractivity contribution >= 4 is 23.2 Å². The van der Waals surface area contributed by atoms with Crippen LogP contribution >= 0.6 is 11.6 Å². The van der Waals surface area contributed by atoms with Gasteiger partial charge in [-0.2, -0.15) is 0 Å². The number of rotatable bonds is 8. The number of carbonyl (C=O) groups is 1. The third kappa shape index (κ3) is 6.43. The maximum Gasteiger partial charge on any atom is 0.330 e. The van der Waals surface area contributed by atoms with Crippen LogP contribution in [0.2, 0.25) is 5.02 Å². The maximum atomic E-state index is 15.5. The van der Waals surface area contributed by atoms with Crippen LogP contribution in [0.4, 0.5) is 10.1 Å². The van der Waals surface area contributed by atoms with Crippen molar-refractivity contribution in [3.63, 3.8) is 0 Å². The van der Waals surface area contributed by atoms with Gasteiger partial charge in [-0.25, -0.2) is 9.18 Å². The van der Waals surface area contributed by atoms with E-state index in [-0.39, 0.29) is 24.8 Å². The summed E-state index contributed by atoms with van der Waals surface area (Å²) in [4.78, 5) is 37.7. The number of ether oxygens (including phenoxy) is 2. The van der Waals surface area contributed by atoms with Gasteiger partial charge in [0, 0.05) is 61.9 Å². The molecule has 236 valence electrons. The summed E-state index contributed by atoms with van der Waals surface area (Å²) in [6.07, 6.45) is 1.15. The quantitative estimate of drug-likeness (QED) is 0.267. The molecule has 10 nitrogen and oxygen atoms in total. The van der Waals surface area contributed by atoms with E-state index >= 15 is 4.39 Å². The Kier molecular flexibility index (Phi) is 9.54. The first-order chi connectivity index (χ1) is 21.5. The summed E-state index contributed by atoms with van der Waals surface area (Å²) < 4.78 is 28.4. The zero-order valence-electron chi connectivity index (χ0n) is 25.3. The third-order valence-corrected chi connectivity index (χ3v) is 8.52. The molecule has 0 radical (unpaired) electrons. The first kappa shape index (κ1) is 32.1. The average Bonchev–Trinajstić information content (AvgIpc) is 3.02. The molecule has 1 aliphatic heterocycles. The molecule has 0 saturated carbocycles. The Morgan fingerprint density at radius 1 is 1.13 bits per heavy atom. The Morgan fingerprint density at radius 3 is 2.58 bits per heavy atom. The topological polar surface area (TPSA) is 124 Å². The van der Waals surface area contributed by atoms with Crippen LogP contribution in [0.25, 0.3) is 22.3 Å². The highest BCUT2D eigenvalue weighted by molar-refractivity contribution is 6.36. The van der Waals surface area contributed by atoms with Crippen molar-refractivity contribution in [2.75, 3.05) is 25.6 Å². The number of benzene rings is 3. The van der Waals surface area contributed by atoms with E-state index in [0.717, 1.165) is 10.1 Å². The highest BCUT2D eigenvalue weighted by atomic mass is 35.5. The number of aryl methyl sites for hydroxylation is 1. The second-order valence-electron chi connectivity index (χ2n) is 11.0. The smallest absolute Gasteiger partial charge is 0.330 e. The summed E-state index contributed by atoms with van der Waals surface area (Å²) in [7, 11) is 4.24. The molecule has 12 heteroatoms. The number of nitrogens with one attached hydrogen (secondary N) is 2. The van der Waals surface area contributed by atoms with E-state index in [0.29, 0.717) is 57.3 Å². The Bertz CT molecular complexity index is 1890. The molecule has 1 aromatic heterocycles. The molecule has 2 atom stereocenters. The van der Waals surface area contributed by atoms with E-state index in [1.165, 1.54) is 38.0 Å². The van der Waals surface area contributed by atoms with Crippen LogP contribution in [0, 0.1) is 12.7 Å². The third-order valence-electron chi connectivity index (χ3n) is 8.11. The van der Waals surface area contributed by atoms with Crippen LogP contribution in [0.5, 0.6) is 5.75 Å².